The Balaban J connectivity index is 1.35. The van der Waals surface area contributed by atoms with E-state index >= 15 is 0 Å². The second-order valence-electron chi connectivity index (χ2n) is 7.80. The van der Waals surface area contributed by atoms with Crippen molar-refractivity contribution in [2.45, 2.75) is 12.5 Å². The van der Waals surface area contributed by atoms with Gasteiger partial charge in [0.05, 0.1) is 18.8 Å². The number of hydrogen-bond donors (Lipinski definition) is 2. The van der Waals surface area contributed by atoms with Gasteiger partial charge in [-0.15, -0.1) is 0 Å². The maximum absolute atomic E-state index is 12.9. The number of ether oxygens (including phenoxy) is 1. The molecular formula is C23H31N5O2. The Morgan fingerprint density at radius 1 is 1.13 bits per heavy atom. The summed E-state index contributed by atoms with van der Waals surface area (Å²) in [5, 5.41) is 6.66. The van der Waals surface area contributed by atoms with Crippen LogP contribution in [0, 0.1) is 0 Å². The van der Waals surface area contributed by atoms with Gasteiger partial charge in [0.15, 0.2) is 0 Å². The molecular weight excluding hydrogens is 378 g/mol. The van der Waals surface area contributed by atoms with Crippen molar-refractivity contribution in [3.05, 3.63) is 59.8 Å². The Morgan fingerprint density at radius 2 is 1.97 bits per heavy atom. The second kappa shape index (κ2) is 10.5. The van der Waals surface area contributed by atoms with Crippen LogP contribution in [0.15, 0.2) is 48.7 Å². The van der Waals surface area contributed by atoms with Crippen molar-refractivity contribution in [2.24, 2.45) is 0 Å². The predicted molar refractivity (Wildman–Crippen MR) is 118 cm³/mol. The summed E-state index contributed by atoms with van der Waals surface area (Å²) in [6.07, 6.45) is 2.70. The minimum atomic E-state index is -0.0464. The van der Waals surface area contributed by atoms with Crippen LogP contribution in [0.4, 0.5) is 5.82 Å². The molecule has 7 nitrogen and oxygen atoms in total. The van der Waals surface area contributed by atoms with Crippen molar-refractivity contribution in [3.8, 4) is 0 Å². The van der Waals surface area contributed by atoms with Crippen LogP contribution in [0.1, 0.15) is 28.4 Å². The Morgan fingerprint density at radius 3 is 2.80 bits per heavy atom. The van der Waals surface area contributed by atoms with E-state index in [4.69, 9.17) is 4.74 Å². The minimum Gasteiger partial charge on any atom is -0.379 e. The summed E-state index contributed by atoms with van der Waals surface area (Å²) in [5.41, 5.74) is 1.91. The molecule has 1 atom stereocenters. The molecule has 0 bridgehead atoms. The molecule has 0 unspecified atom stereocenters. The topological polar surface area (TPSA) is 69.7 Å². The molecule has 2 aliphatic heterocycles. The van der Waals surface area contributed by atoms with Gasteiger partial charge in [-0.3, -0.25) is 9.69 Å². The molecule has 4 rings (SSSR count). The predicted octanol–water partition coefficient (Wildman–Crippen LogP) is 1.68. The largest absolute Gasteiger partial charge is 0.379 e. The highest BCUT2D eigenvalue weighted by Gasteiger charge is 2.25. The number of aromatic nitrogens is 1. The van der Waals surface area contributed by atoms with Crippen LogP contribution in [0.5, 0.6) is 0 Å². The maximum atomic E-state index is 12.9. The van der Waals surface area contributed by atoms with Crippen molar-refractivity contribution in [1.29, 1.82) is 0 Å². The smallest absolute Gasteiger partial charge is 0.255 e. The summed E-state index contributed by atoms with van der Waals surface area (Å²) < 4.78 is 5.38. The molecule has 1 aromatic heterocycles. The molecule has 0 spiro atoms. The van der Waals surface area contributed by atoms with Gasteiger partial charge in [0.1, 0.15) is 5.82 Å². The zero-order valence-corrected chi connectivity index (χ0v) is 17.4. The number of piperazine rings is 1. The average molecular weight is 410 g/mol. The average Bonchev–Trinajstić information content (AvgIpc) is 2.83. The lowest BCUT2D eigenvalue weighted by atomic mass is 10.0. The first-order valence-corrected chi connectivity index (χ1v) is 10.9. The molecule has 7 heteroatoms. The quantitative estimate of drug-likeness (QED) is 0.679. The monoisotopic (exact) mass is 409 g/mol. The van der Waals surface area contributed by atoms with Crippen molar-refractivity contribution in [1.82, 2.24) is 20.5 Å². The molecule has 0 aliphatic carbocycles. The maximum Gasteiger partial charge on any atom is 0.255 e. The number of amides is 1. The van der Waals surface area contributed by atoms with E-state index in [1.807, 2.05) is 18.2 Å². The second-order valence-corrected chi connectivity index (χ2v) is 7.80. The summed E-state index contributed by atoms with van der Waals surface area (Å²) in [5.74, 6) is 0.723. The van der Waals surface area contributed by atoms with Crippen LogP contribution in [-0.2, 0) is 4.74 Å². The van der Waals surface area contributed by atoms with Crippen LogP contribution in [0.25, 0.3) is 0 Å². The SMILES string of the molecule is O=C(NCCCN1CCOCC1)c1cccnc1N1CCN[C@@H](c2ccccc2)C1. The van der Waals surface area contributed by atoms with Gasteiger partial charge >= 0.3 is 0 Å². The highest BCUT2D eigenvalue weighted by molar-refractivity contribution is 5.98. The fourth-order valence-electron chi connectivity index (χ4n) is 4.10. The lowest BCUT2D eigenvalue weighted by Gasteiger charge is -2.35. The number of nitrogens with zero attached hydrogens (tertiary/aromatic N) is 3. The number of pyridine rings is 1. The highest BCUT2D eigenvalue weighted by Crippen LogP contribution is 2.23. The molecule has 3 heterocycles. The summed E-state index contributed by atoms with van der Waals surface area (Å²) in [4.78, 5) is 22.1. The number of anilines is 1. The van der Waals surface area contributed by atoms with E-state index in [0.717, 1.165) is 64.7 Å². The molecule has 160 valence electrons. The van der Waals surface area contributed by atoms with Gasteiger partial charge in [-0.05, 0) is 30.7 Å². The van der Waals surface area contributed by atoms with E-state index in [1.165, 1.54) is 5.56 Å². The van der Waals surface area contributed by atoms with Crippen LogP contribution >= 0.6 is 0 Å². The van der Waals surface area contributed by atoms with Gasteiger partial charge in [0.2, 0.25) is 0 Å². The minimum absolute atomic E-state index is 0.0464. The molecule has 0 saturated carbocycles. The Bertz CT molecular complexity index is 810. The Kier molecular flexibility index (Phi) is 7.29. The summed E-state index contributed by atoms with van der Waals surface area (Å²) in [6, 6.07) is 14.4. The number of rotatable bonds is 7. The van der Waals surface area contributed by atoms with Gasteiger partial charge in [0, 0.05) is 51.5 Å². The third-order valence-corrected chi connectivity index (χ3v) is 5.75. The van der Waals surface area contributed by atoms with Gasteiger partial charge in [-0.25, -0.2) is 4.98 Å². The first-order valence-electron chi connectivity index (χ1n) is 10.9. The standard InChI is InChI=1S/C23H31N5O2/c29-23(26-10-5-12-27-14-16-30-17-15-27)20-8-4-9-25-22(20)28-13-11-24-21(18-28)19-6-2-1-3-7-19/h1-4,6-9,21,24H,5,10-18H2,(H,26,29)/t21-/m1/s1. The van der Waals surface area contributed by atoms with Crippen LogP contribution in [0.2, 0.25) is 0 Å². The highest BCUT2D eigenvalue weighted by atomic mass is 16.5. The molecule has 0 radical (unpaired) electrons. The first-order chi connectivity index (χ1) is 14.8. The van der Waals surface area contributed by atoms with Gasteiger partial charge in [-0.1, -0.05) is 30.3 Å². The van der Waals surface area contributed by atoms with Crippen LogP contribution in [-0.4, -0.2) is 74.8 Å². The molecule has 2 fully saturated rings. The van der Waals surface area contributed by atoms with Gasteiger partial charge in [-0.2, -0.15) is 0 Å². The summed E-state index contributed by atoms with van der Waals surface area (Å²) >= 11 is 0. The molecule has 1 amide bonds. The fourth-order valence-corrected chi connectivity index (χ4v) is 4.10. The summed E-state index contributed by atoms with van der Waals surface area (Å²) in [7, 11) is 0. The Labute approximate surface area is 178 Å². The number of nitrogens with one attached hydrogen (secondary N) is 2. The molecule has 2 N–H and O–H groups in total. The van der Waals surface area contributed by atoms with Crippen molar-refractivity contribution >= 4 is 11.7 Å². The van der Waals surface area contributed by atoms with E-state index in [9.17, 15) is 4.79 Å². The Hall–Kier alpha value is -2.48. The first kappa shape index (κ1) is 20.8. The van der Waals surface area contributed by atoms with E-state index in [1.54, 1.807) is 6.20 Å². The molecule has 30 heavy (non-hydrogen) atoms. The third kappa shape index (κ3) is 5.36. The third-order valence-electron chi connectivity index (χ3n) is 5.75. The molecule has 2 aliphatic rings. The normalized spacial score (nSPS) is 20.1. The molecule has 1 aromatic carbocycles. The number of morpholine rings is 1. The number of hydrogen-bond acceptors (Lipinski definition) is 6. The number of benzene rings is 1. The van der Waals surface area contributed by atoms with Crippen molar-refractivity contribution in [2.75, 3.05) is 63.9 Å². The molecule has 2 saturated heterocycles. The van der Waals surface area contributed by atoms with E-state index in [-0.39, 0.29) is 11.9 Å². The lowest BCUT2D eigenvalue weighted by Crippen LogP contribution is -2.47. The lowest BCUT2D eigenvalue weighted by molar-refractivity contribution is 0.0374. The van der Waals surface area contributed by atoms with E-state index in [0.29, 0.717) is 12.1 Å². The van der Waals surface area contributed by atoms with E-state index in [2.05, 4.69) is 49.7 Å². The zero-order chi connectivity index (χ0) is 20.6. The van der Waals surface area contributed by atoms with Gasteiger partial charge < -0.3 is 20.3 Å². The fraction of sp³-hybridized carbons (Fsp3) is 0.478. The number of carbonyl (C=O) groups excluding carboxylic acids is 1. The van der Waals surface area contributed by atoms with Gasteiger partial charge in [0.25, 0.3) is 5.91 Å². The van der Waals surface area contributed by atoms with Crippen LogP contribution in [0.3, 0.4) is 0 Å². The zero-order valence-electron chi connectivity index (χ0n) is 17.4. The summed E-state index contributed by atoms with van der Waals surface area (Å²) in [6.45, 7) is 7.70. The van der Waals surface area contributed by atoms with E-state index < -0.39 is 0 Å². The van der Waals surface area contributed by atoms with Crippen molar-refractivity contribution in [3.63, 3.8) is 0 Å². The van der Waals surface area contributed by atoms with Crippen LogP contribution < -0.4 is 15.5 Å². The van der Waals surface area contributed by atoms with Crippen molar-refractivity contribution < 1.29 is 9.53 Å². The molecule has 2 aromatic rings. The number of carbonyl (C=O) groups is 1.